The van der Waals surface area contributed by atoms with E-state index < -0.39 is 5.97 Å². The summed E-state index contributed by atoms with van der Waals surface area (Å²) < 4.78 is 1.85. The number of nitrogens with zero attached hydrogens (tertiary/aromatic N) is 3. The van der Waals surface area contributed by atoms with Gasteiger partial charge in [-0.05, 0) is 44.2 Å². The molecule has 1 N–H and O–H groups in total. The van der Waals surface area contributed by atoms with Crippen molar-refractivity contribution in [1.82, 2.24) is 14.7 Å². The van der Waals surface area contributed by atoms with E-state index in [1.165, 1.54) is 10.5 Å². The fourth-order valence-electron chi connectivity index (χ4n) is 3.48. The van der Waals surface area contributed by atoms with Crippen molar-refractivity contribution < 1.29 is 14.7 Å². The summed E-state index contributed by atoms with van der Waals surface area (Å²) >= 11 is 0. The second kappa shape index (κ2) is 7.32. The molecule has 0 bridgehead atoms. The highest BCUT2D eigenvalue weighted by molar-refractivity contribution is 5.96. The highest BCUT2D eigenvalue weighted by atomic mass is 16.4. The number of carbonyl (C=O) groups is 2. The predicted octanol–water partition coefficient (Wildman–Crippen LogP) is 2.85. The molecule has 1 amide bonds. The minimum Gasteiger partial charge on any atom is -0.480 e. The summed E-state index contributed by atoms with van der Waals surface area (Å²) in [5.74, 6) is -1.11. The Morgan fingerprint density at radius 1 is 1.23 bits per heavy atom. The van der Waals surface area contributed by atoms with E-state index in [1.54, 1.807) is 0 Å². The Hall–Kier alpha value is -2.63. The molecule has 6 heteroatoms. The van der Waals surface area contributed by atoms with Crippen molar-refractivity contribution in [2.45, 2.75) is 40.0 Å². The molecule has 0 saturated heterocycles. The molecule has 0 unspecified atom stereocenters. The van der Waals surface area contributed by atoms with Gasteiger partial charge in [0.15, 0.2) is 5.69 Å². The molecule has 0 atom stereocenters. The number of aryl methyl sites for hydroxylation is 1. The van der Waals surface area contributed by atoms with Crippen LogP contribution in [-0.4, -0.2) is 44.8 Å². The Bertz CT molecular complexity index is 822. The van der Waals surface area contributed by atoms with Gasteiger partial charge in [-0.25, -0.2) is 4.68 Å². The molecule has 0 fully saturated rings. The summed E-state index contributed by atoms with van der Waals surface area (Å²) in [4.78, 5) is 25.7. The molecule has 138 valence electrons. The van der Waals surface area contributed by atoms with E-state index in [2.05, 4.69) is 5.10 Å². The van der Waals surface area contributed by atoms with Gasteiger partial charge in [-0.3, -0.25) is 9.59 Å². The fourth-order valence-corrected chi connectivity index (χ4v) is 3.48. The van der Waals surface area contributed by atoms with E-state index in [1.807, 2.05) is 49.7 Å². The monoisotopic (exact) mass is 355 g/mol. The van der Waals surface area contributed by atoms with E-state index >= 15 is 0 Å². The summed E-state index contributed by atoms with van der Waals surface area (Å²) in [5, 5.41) is 13.8. The summed E-state index contributed by atoms with van der Waals surface area (Å²) in [6.45, 7) is 6.07. The van der Waals surface area contributed by atoms with Crippen LogP contribution in [0.4, 0.5) is 0 Å². The first-order chi connectivity index (χ1) is 12.4. The van der Waals surface area contributed by atoms with Gasteiger partial charge < -0.3 is 10.0 Å². The molecule has 1 heterocycles. The number of carboxylic acids is 1. The van der Waals surface area contributed by atoms with Gasteiger partial charge in [0.25, 0.3) is 5.91 Å². The zero-order chi connectivity index (χ0) is 18.8. The number of carboxylic acid groups (broad SMARTS) is 1. The SMILES string of the molecule is Cc1ccc(-n2nc(C(=O)N(CC(=O)O)CC(C)C)c3c2CCC3)cc1. The highest BCUT2D eigenvalue weighted by Crippen LogP contribution is 2.28. The van der Waals surface area contributed by atoms with Crippen molar-refractivity contribution in [2.24, 2.45) is 5.92 Å². The summed E-state index contributed by atoms with van der Waals surface area (Å²) in [6.07, 6.45) is 2.68. The molecule has 1 aliphatic rings. The molecule has 0 aliphatic heterocycles. The van der Waals surface area contributed by atoms with Gasteiger partial charge in [-0.2, -0.15) is 5.10 Å². The van der Waals surface area contributed by atoms with Crippen molar-refractivity contribution in [1.29, 1.82) is 0 Å². The third-order valence-electron chi connectivity index (χ3n) is 4.61. The number of fused-ring (bicyclic) bond motifs is 1. The van der Waals surface area contributed by atoms with Crippen LogP contribution in [0.3, 0.4) is 0 Å². The Labute approximate surface area is 153 Å². The standard InChI is InChI=1S/C20H25N3O3/c1-13(2)11-22(12-18(24)25)20(26)19-16-5-4-6-17(16)23(21-19)15-9-7-14(3)8-10-15/h7-10,13H,4-6,11-12H2,1-3H3,(H,24,25). The molecule has 0 saturated carbocycles. The molecule has 3 rings (SSSR count). The first kappa shape index (κ1) is 18.2. The number of benzene rings is 1. The third-order valence-corrected chi connectivity index (χ3v) is 4.61. The zero-order valence-electron chi connectivity index (χ0n) is 15.5. The van der Waals surface area contributed by atoms with E-state index in [9.17, 15) is 14.7 Å². The van der Waals surface area contributed by atoms with Gasteiger partial charge >= 0.3 is 5.97 Å². The number of hydrogen-bond donors (Lipinski definition) is 1. The molecule has 1 aromatic heterocycles. The summed E-state index contributed by atoms with van der Waals surface area (Å²) in [7, 11) is 0. The Morgan fingerprint density at radius 3 is 2.54 bits per heavy atom. The lowest BCUT2D eigenvalue weighted by molar-refractivity contribution is -0.137. The second-order valence-corrected chi connectivity index (χ2v) is 7.35. The van der Waals surface area contributed by atoms with Crippen molar-refractivity contribution >= 4 is 11.9 Å². The Morgan fingerprint density at radius 2 is 1.92 bits per heavy atom. The van der Waals surface area contributed by atoms with Crippen molar-refractivity contribution in [2.75, 3.05) is 13.1 Å². The Kier molecular flexibility index (Phi) is 5.11. The topological polar surface area (TPSA) is 75.4 Å². The van der Waals surface area contributed by atoms with Crippen molar-refractivity contribution in [3.8, 4) is 5.69 Å². The van der Waals surface area contributed by atoms with Gasteiger partial charge in [-0.1, -0.05) is 31.5 Å². The van der Waals surface area contributed by atoms with Gasteiger partial charge in [-0.15, -0.1) is 0 Å². The molecule has 26 heavy (non-hydrogen) atoms. The van der Waals surface area contributed by atoms with Gasteiger partial charge in [0, 0.05) is 17.8 Å². The minimum atomic E-state index is -1.01. The maximum Gasteiger partial charge on any atom is 0.323 e. The van der Waals surface area contributed by atoms with E-state index in [4.69, 9.17) is 0 Å². The lowest BCUT2D eigenvalue weighted by Crippen LogP contribution is -2.38. The van der Waals surface area contributed by atoms with Crippen LogP contribution in [-0.2, 0) is 17.6 Å². The first-order valence-corrected chi connectivity index (χ1v) is 9.05. The van der Waals surface area contributed by atoms with Crippen LogP contribution in [0.1, 0.15) is 47.6 Å². The third kappa shape index (κ3) is 3.64. The number of amides is 1. The van der Waals surface area contributed by atoms with E-state index in [0.29, 0.717) is 12.2 Å². The molecular weight excluding hydrogens is 330 g/mol. The van der Waals surface area contributed by atoms with E-state index in [-0.39, 0.29) is 18.4 Å². The first-order valence-electron chi connectivity index (χ1n) is 9.05. The maximum atomic E-state index is 13.1. The van der Waals surface area contributed by atoms with Crippen LogP contribution in [0.2, 0.25) is 0 Å². The average molecular weight is 355 g/mol. The number of aliphatic carboxylic acids is 1. The minimum absolute atomic E-state index is 0.186. The smallest absolute Gasteiger partial charge is 0.323 e. The molecular formula is C20H25N3O3. The van der Waals surface area contributed by atoms with Crippen LogP contribution in [0.25, 0.3) is 5.69 Å². The van der Waals surface area contributed by atoms with Crippen LogP contribution >= 0.6 is 0 Å². The summed E-state index contributed by atoms with van der Waals surface area (Å²) in [5.41, 5.74) is 4.53. The quantitative estimate of drug-likeness (QED) is 0.864. The van der Waals surface area contributed by atoms with Crippen LogP contribution < -0.4 is 0 Å². The van der Waals surface area contributed by atoms with E-state index in [0.717, 1.165) is 36.2 Å². The lowest BCUT2D eigenvalue weighted by Gasteiger charge is -2.22. The number of hydrogen-bond acceptors (Lipinski definition) is 3. The van der Waals surface area contributed by atoms with Crippen LogP contribution in [0.5, 0.6) is 0 Å². The molecule has 1 aromatic carbocycles. The highest BCUT2D eigenvalue weighted by Gasteiger charge is 2.30. The molecule has 0 spiro atoms. The average Bonchev–Trinajstić information content (AvgIpc) is 3.16. The van der Waals surface area contributed by atoms with Gasteiger partial charge in [0.2, 0.25) is 0 Å². The van der Waals surface area contributed by atoms with Crippen LogP contribution in [0.15, 0.2) is 24.3 Å². The largest absolute Gasteiger partial charge is 0.480 e. The fraction of sp³-hybridized carbons (Fsp3) is 0.450. The molecule has 1 aliphatic carbocycles. The maximum absolute atomic E-state index is 13.1. The second-order valence-electron chi connectivity index (χ2n) is 7.35. The Balaban J connectivity index is 1.99. The predicted molar refractivity (Wildman–Crippen MR) is 98.7 cm³/mol. The zero-order valence-corrected chi connectivity index (χ0v) is 15.5. The van der Waals surface area contributed by atoms with Gasteiger partial charge in [0.05, 0.1) is 5.69 Å². The lowest BCUT2D eigenvalue weighted by atomic mass is 10.1. The molecule has 0 radical (unpaired) electrons. The summed E-state index contributed by atoms with van der Waals surface area (Å²) in [6, 6.07) is 8.04. The number of rotatable bonds is 6. The molecule has 6 nitrogen and oxygen atoms in total. The number of carbonyl (C=O) groups excluding carboxylic acids is 1. The van der Waals surface area contributed by atoms with Gasteiger partial charge in [0.1, 0.15) is 6.54 Å². The van der Waals surface area contributed by atoms with Crippen molar-refractivity contribution in [3.05, 3.63) is 46.8 Å². The van der Waals surface area contributed by atoms with Crippen LogP contribution in [0, 0.1) is 12.8 Å². The number of aromatic nitrogens is 2. The normalized spacial score (nSPS) is 13.1. The van der Waals surface area contributed by atoms with Crippen molar-refractivity contribution in [3.63, 3.8) is 0 Å². The molecule has 2 aromatic rings.